The molecule has 0 aromatic rings. The molecule has 0 aromatic heterocycles. The third kappa shape index (κ3) is 1.61. The van der Waals surface area contributed by atoms with E-state index in [4.69, 9.17) is 10.7 Å². The van der Waals surface area contributed by atoms with Crippen molar-refractivity contribution in [3.05, 3.63) is 0 Å². The first-order chi connectivity index (χ1) is 6.67. The zero-order valence-corrected chi connectivity index (χ0v) is 11.0. The Bertz CT molecular complexity index is 379. The van der Waals surface area contributed by atoms with Crippen LogP contribution in [0, 0.1) is 16.7 Å². The van der Waals surface area contributed by atoms with Crippen molar-refractivity contribution in [2.45, 2.75) is 46.1 Å². The zero-order valence-electron chi connectivity index (χ0n) is 9.38. The van der Waals surface area contributed by atoms with Crippen LogP contribution in [0.3, 0.4) is 0 Å². The molecule has 5 heteroatoms. The molecule has 2 rings (SSSR count). The van der Waals surface area contributed by atoms with Gasteiger partial charge in [-0.25, -0.2) is 0 Å². The molecule has 3 atom stereocenters. The van der Waals surface area contributed by atoms with E-state index in [1.807, 2.05) is 0 Å². The summed E-state index contributed by atoms with van der Waals surface area (Å²) in [5.41, 5.74) is 0.270. The summed E-state index contributed by atoms with van der Waals surface area (Å²) in [6.45, 7) is 6.67. The molecular weight excluding hydrogens is 234 g/mol. The SMILES string of the molecule is CC1(C)C2CCC1(C)C(NS(=O)(=O)Cl)C2. The standard InChI is InChI=1S/C10H18ClNO2S/c1-9(2)7-4-5-10(9,3)8(6-7)12-15(11,13)14/h7-8,12H,4-6H2,1-3H3. The van der Waals surface area contributed by atoms with E-state index >= 15 is 0 Å². The molecule has 0 spiro atoms. The summed E-state index contributed by atoms with van der Waals surface area (Å²) >= 11 is 0. The molecule has 3 nitrogen and oxygen atoms in total. The summed E-state index contributed by atoms with van der Waals surface area (Å²) in [6, 6.07) is 0.00810. The first-order valence-corrected chi connectivity index (χ1v) is 7.70. The van der Waals surface area contributed by atoms with Crippen molar-refractivity contribution in [2.24, 2.45) is 16.7 Å². The lowest BCUT2D eigenvalue weighted by molar-refractivity contribution is 0.130. The van der Waals surface area contributed by atoms with Gasteiger partial charge in [-0.1, -0.05) is 20.8 Å². The fraction of sp³-hybridized carbons (Fsp3) is 1.00. The predicted molar refractivity (Wildman–Crippen MR) is 60.9 cm³/mol. The number of nitrogens with one attached hydrogen (secondary N) is 1. The minimum atomic E-state index is -3.60. The van der Waals surface area contributed by atoms with E-state index in [9.17, 15) is 8.42 Å². The van der Waals surface area contributed by atoms with Crippen molar-refractivity contribution in [1.29, 1.82) is 0 Å². The lowest BCUT2D eigenvalue weighted by atomic mass is 9.69. The van der Waals surface area contributed by atoms with Crippen LogP contribution < -0.4 is 4.72 Å². The Kier molecular flexibility index (Phi) is 2.42. The third-order valence-corrected chi connectivity index (χ3v) is 5.91. The van der Waals surface area contributed by atoms with Gasteiger partial charge >= 0.3 is 0 Å². The van der Waals surface area contributed by atoms with Gasteiger partial charge in [-0.3, -0.25) is 0 Å². The molecule has 1 N–H and O–H groups in total. The molecule has 3 unspecified atom stereocenters. The first-order valence-electron chi connectivity index (χ1n) is 5.39. The Morgan fingerprint density at radius 3 is 2.27 bits per heavy atom. The van der Waals surface area contributed by atoms with Gasteiger partial charge in [0.25, 0.3) is 9.24 Å². The summed E-state index contributed by atoms with van der Waals surface area (Å²) in [5.74, 6) is 0.624. The van der Waals surface area contributed by atoms with Crippen LogP contribution in [0.25, 0.3) is 0 Å². The van der Waals surface area contributed by atoms with Crippen molar-refractivity contribution >= 4 is 19.9 Å². The molecule has 0 aliphatic heterocycles. The molecule has 0 heterocycles. The molecule has 0 saturated heterocycles. The topological polar surface area (TPSA) is 46.2 Å². The van der Waals surface area contributed by atoms with E-state index in [0.717, 1.165) is 12.8 Å². The van der Waals surface area contributed by atoms with Crippen molar-refractivity contribution < 1.29 is 8.42 Å². The van der Waals surface area contributed by atoms with E-state index in [-0.39, 0.29) is 16.9 Å². The molecule has 2 saturated carbocycles. The minimum Gasteiger partial charge on any atom is -0.198 e. The van der Waals surface area contributed by atoms with Gasteiger partial charge in [-0.05, 0) is 36.0 Å². The van der Waals surface area contributed by atoms with E-state index < -0.39 is 9.24 Å². The van der Waals surface area contributed by atoms with Gasteiger partial charge in [-0.2, -0.15) is 13.1 Å². The monoisotopic (exact) mass is 251 g/mol. The molecule has 0 aromatic carbocycles. The Hall–Kier alpha value is 0.200. The van der Waals surface area contributed by atoms with E-state index in [1.54, 1.807) is 0 Å². The van der Waals surface area contributed by atoms with Crippen LogP contribution in [0.2, 0.25) is 0 Å². The lowest BCUT2D eigenvalue weighted by Crippen LogP contribution is -2.45. The van der Waals surface area contributed by atoms with Crippen molar-refractivity contribution in [3.8, 4) is 0 Å². The Balaban J connectivity index is 2.27. The van der Waals surface area contributed by atoms with E-state index in [2.05, 4.69) is 25.5 Å². The molecule has 2 fully saturated rings. The van der Waals surface area contributed by atoms with Crippen molar-refractivity contribution in [2.75, 3.05) is 0 Å². The van der Waals surface area contributed by atoms with Crippen molar-refractivity contribution in [1.82, 2.24) is 4.72 Å². The van der Waals surface area contributed by atoms with Gasteiger partial charge in [0.05, 0.1) is 0 Å². The molecule has 2 aliphatic rings. The fourth-order valence-corrected chi connectivity index (χ4v) is 4.57. The van der Waals surface area contributed by atoms with E-state index in [0.29, 0.717) is 5.92 Å². The smallest absolute Gasteiger partial charge is 0.198 e. The molecular formula is C10H18ClNO2S. The average Bonchev–Trinajstić information content (AvgIpc) is 2.34. The molecule has 2 aliphatic carbocycles. The van der Waals surface area contributed by atoms with Gasteiger partial charge < -0.3 is 0 Å². The molecule has 15 heavy (non-hydrogen) atoms. The highest BCUT2D eigenvalue weighted by Gasteiger charge is 2.61. The number of hydrogen-bond acceptors (Lipinski definition) is 2. The quantitative estimate of drug-likeness (QED) is 0.766. The normalized spacial score (nSPS) is 43.5. The second-order valence-electron chi connectivity index (χ2n) is 5.72. The Morgan fingerprint density at radius 2 is 1.93 bits per heavy atom. The molecule has 88 valence electrons. The fourth-order valence-electron chi connectivity index (χ4n) is 3.55. The number of rotatable bonds is 2. The summed E-state index contributed by atoms with van der Waals surface area (Å²) < 4.78 is 24.7. The highest BCUT2D eigenvalue weighted by Crippen LogP contribution is 2.65. The largest absolute Gasteiger partial charge is 0.297 e. The summed E-state index contributed by atoms with van der Waals surface area (Å²) in [4.78, 5) is 0. The second-order valence-corrected chi connectivity index (χ2v) is 8.05. The average molecular weight is 252 g/mol. The maximum absolute atomic E-state index is 11.1. The molecule has 0 radical (unpaired) electrons. The van der Waals surface area contributed by atoms with Gasteiger partial charge in [0.1, 0.15) is 0 Å². The van der Waals surface area contributed by atoms with Gasteiger partial charge in [0.15, 0.2) is 0 Å². The van der Waals surface area contributed by atoms with Crippen LogP contribution in [0.4, 0.5) is 0 Å². The molecule has 0 amide bonds. The van der Waals surface area contributed by atoms with Gasteiger partial charge in [-0.15, -0.1) is 0 Å². The zero-order chi connectivity index (χ0) is 11.5. The van der Waals surface area contributed by atoms with Gasteiger partial charge in [0, 0.05) is 16.7 Å². The second kappa shape index (κ2) is 3.11. The summed E-state index contributed by atoms with van der Waals surface area (Å²) in [6.07, 6.45) is 3.23. The van der Waals surface area contributed by atoms with Crippen LogP contribution in [-0.2, 0) is 9.24 Å². The third-order valence-electron chi connectivity index (χ3n) is 5.08. The summed E-state index contributed by atoms with van der Waals surface area (Å²) in [5, 5.41) is 0. The molecule has 2 bridgehead atoms. The number of halogens is 1. The Labute approximate surface area is 96.1 Å². The van der Waals surface area contributed by atoms with Crippen LogP contribution in [0.1, 0.15) is 40.0 Å². The van der Waals surface area contributed by atoms with Gasteiger partial charge in [0.2, 0.25) is 0 Å². The van der Waals surface area contributed by atoms with E-state index in [1.165, 1.54) is 6.42 Å². The first kappa shape index (κ1) is 11.7. The maximum atomic E-state index is 11.1. The lowest BCUT2D eigenvalue weighted by Gasteiger charge is -2.38. The highest BCUT2D eigenvalue weighted by molar-refractivity contribution is 8.12. The number of fused-ring (bicyclic) bond motifs is 2. The van der Waals surface area contributed by atoms with Crippen LogP contribution in [0.5, 0.6) is 0 Å². The summed E-state index contributed by atoms with van der Waals surface area (Å²) in [7, 11) is 1.67. The highest BCUT2D eigenvalue weighted by atomic mass is 35.7. The van der Waals surface area contributed by atoms with Crippen LogP contribution in [0.15, 0.2) is 0 Å². The van der Waals surface area contributed by atoms with Crippen LogP contribution in [-0.4, -0.2) is 14.5 Å². The van der Waals surface area contributed by atoms with Crippen LogP contribution >= 0.6 is 10.7 Å². The van der Waals surface area contributed by atoms with Crippen molar-refractivity contribution in [3.63, 3.8) is 0 Å². The minimum absolute atomic E-state index is 0.00810. The predicted octanol–water partition coefficient (Wildman–Crippen LogP) is 2.27. The maximum Gasteiger partial charge on any atom is 0.297 e. The number of hydrogen-bond donors (Lipinski definition) is 1. The Morgan fingerprint density at radius 1 is 1.33 bits per heavy atom.